The summed E-state index contributed by atoms with van der Waals surface area (Å²) < 4.78 is 5.34. The molecule has 0 saturated heterocycles. The van der Waals surface area contributed by atoms with Crippen LogP contribution in [0.15, 0.2) is 29.4 Å². The van der Waals surface area contributed by atoms with Crippen molar-refractivity contribution in [3.63, 3.8) is 0 Å². The minimum atomic E-state index is 0. The van der Waals surface area contributed by atoms with Crippen molar-refractivity contribution in [1.29, 1.82) is 0 Å². The maximum absolute atomic E-state index is 5.34. The van der Waals surface area contributed by atoms with Crippen molar-refractivity contribution in [2.24, 2.45) is 4.99 Å². The molecule has 0 radical (unpaired) electrons. The van der Waals surface area contributed by atoms with Gasteiger partial charge < -0.3 is 12.2 Å². The fourth-order valence-corrected chi connectivity index (χ4v) is 1.10. The van der Waals surface area contributed by atoms with Gasteiger partial charge in [0.15, 0.2) is 0 Å². The van der Waals surface area contributed by atoms with Gasteiger partial charge in [-0.15, -0.1) is 0 Å². The third-order valence-electron chi connectivity index (χ3n) is 1.68. The zero-order chi connectivity index (χ0) is 10.4. The molecular formula is C10H13ClN2OPd. The first-order chi connectivity index (χ1) is 6.86. The van der Waals surface area contributed by atoms with Crippen molar-refractivity contribution in [2.45, 2.75) is 13.0 Å². The average molecular weight is 319 g/mol. The zero-order valence-corrected chi connectivity index (χ0v) is 10.9. The number of aromatic nitrogens is 1. The van der Waals surface area contributed by atoms with Crippen LogP contribution < -0.4 is 0 Å². The summed E-state index contributed by atoms with van der Waals surface area (Å²) in [6, 6.07) is 5.97. The summed E-state index contributed by atoms with van der Waals surface area (Å²) in [7, 11) is 4.49. The summed E-state index contributed by atoms with van der Waals surface area (Å²) in [5.41, 5.74) is 0.821. The molecule has 0 fully saturated rings. The number of rotatable bonds is 1. The third kappa shape index (κ3) is 4.29. The molecule has 0 amide bonds. The van der Waals surface area contributed by atoms with E-state index in [9.17, 15) is 0 Å². The van der Waals surface area contributed by atoms with Crippen LogP contribution in [0.5, 0.6) is 0 Å². The summed E-state index contributed by atoms with van der Waals surface area (Å²) in [4.78, 5) is 8.43. The van der Waals surface area contributed by atoms with Gasteiger partial charge in [-0.1, -0.05) is 6.07 Å². The van der Waals surface area contributed by atoms with Gasteiger partial charge in [0, 0.05) is 6.20 Å². The Morgan fingerprint density at radius 1 is 1.47 bits per heavy atom. The normalized spacial score (nSPS) is 17.9. The second-order valence-corrected chi connectivity index (χ2v) is 2.81. The first kappa shape index (κ1) is 14.6. The van der Waals surface area contributed by atoms with E-state index in [1.54, 1.807) is 6.20 Å². The monoisotopic (exact) mass is 318 g/mol. The van der Waals surface area contributed by atoms with Crippen molar-refractivity contribution in [2.75, 3.05) is 6.61 Å². The van der Waals surface area contributed by atoms with Gasteiger partial charge in [0.1, 0.15) is 12.3 Å². The Bertz CT molecular complexity index is 306. The molecule has 5 heteroatoms. The molecule has 0 aliphatic carbocycles. The second kappa shape index (κ2) is 7.81. The van der Waals surface area contributed by atoms with Crippen LogP contribution in [-0.2, 0) is 22.9 Å². The van der Waals surface area contributed by atoms with Crippen LogP contribution in [0.3, 0.4) is 0 Å². The van der Waals surface area contributed by atoms with Crippen molar-refractivity contribution < 1.29 is 22.9 Å². The molecule has 0 spiro atoms. The van der Waals surface area contributed by atoms with Crippen molar-refractivity contribution in [3.8, 4) is 0 Å². The minimum absolute atomic E-state index is 0. The van der Waals surface area contributed by atoms with Crippen LogP contribution in [0.2, 0.25) is 0 Å². The molecule has 2 rings (SSSR count). The third-order valence-corrected chi connectivity index (χ3v) is 1.68. The quantitative estimate of drug-likeness (QED) is 0.588. The van der Waals surface area contributed by atoms with Crippen LogP contribution in [-0.4, -0.2) is 23.5 Å². The summed E-state index contributed by atoms with van der Waals surface area (Å²) in [6.45, 7) is 2.70. The number of halogens is 1. The van der Waals surface area contributed by atoms with Gasteiger partial charge in [-0.05, 0) is 19.1 Å². The van der Waals surface area contributed by atoms with E-state index in [1.807, 2.05) is 25.1 Å². The topological polar surface area (TPSA) is 34.5 Å². The van der Waals surface area contributed by atoms with E-state index >= 15 is 0 Å². The molecule has 1 aliphatic heterocycles. The molecule has 1 aliphatic rings. The number of aliphatic imine (C=N–C) groups is 1. The van der Waals surface area contributed by atoms with E-state index in [-0.39, 0.29) is 13.5 Å². The van der Waals surface area contributed by atoms with E-state index < -0.39 is 0 Å². The number of nitrogens with zero attached hydrogens (tertiary/aromatic N) is 2. The van der Waals surface area contributed by atoms with Crippen molar-refractivity contribution in [1.82, 2.24) is 4.98 Å². The molecule has 1 aromatic rings. The molecule has 0 aromatic carbocycles. The first-order valence-corrected chi connectivity index (χ1v) is 6.10. The van der Waals surface area contributed by atoms with Gasteiger partial charge in [0.25, 0.3) is 0 Å². The van der Waals surface area contributed by atoms with Crippen LogP contribution in [0, 0.1) is 7.43 Å². The van der Waals surface area contributed by atoms with E-state index in [2.05, 4.69) is 37.7 Å². The molecule has 1 atom stereocenters. The zero-order valence-electron chi connectivity index (χ0n) is 8.59. The standard InChI is InChI=1S/C9H10N2O.CH3.ClH.Pd/c1-7-6-12-9(11-7)8-4-2-3-5-10-8;;;/h2-5,7H,6H2,1H3;1H3;1H;/q;-1;;+2/p-1/t7-;;;/m1.../s1. The van der Waals surface area contributed by atoms with Gasteiger partial charge >= 0.3 is 27.7 Å². The number of hydrogen-bond acceptors (Lipinski definition) is 3. The molecular weight excluding hydrogens is 306 g/mol. The Morgan fingerprint density at radius 2 is 2.20 bits per heavy atom. The number of ether oxygens (including phenoxy) is 1. The first-order valence-electron chi connectivity index (χ1n) is 4.10. The predicted molar refractivity (Wildman–Crippen MR) is 58.5 cm³/mol. The Hall–Kier alpha value is -0.428. The summed E-state index contributed by atoms with van der Waals surface area (Å²) >= 11 is 2.22. The molecule has 15 heavy (non-hydrogen) atoms. The van der Waals surface area contributed by atoms with Crippen LogP contribution >= 0.6 is 9.53 Å². The summed E-state index contributed by atoms with van der Waals surface area (Å²) in [5.74, 6) is 0.670. The molecule has 0 N–H and O–H groups in total. The van der Waals surface area contributed by atoms with Gasteiger partial charge in [-0.2, -0.15) is 0 Å². The maximum atomic E-state index is 5.34. The number of pyridine rings is 1. The van der Waals surface area contributed by atoms with Gasteiger partial charge in [-0.3, -0.25) is 4.98 Å². The van der Waals surface area contributed by atoms with Crippen LogP contribution in [0.25, 0.3) is 0 Å². The SMILES string of the molecule is C[C@@H]1COC(c2ccccn2)=N1.[CH3-].[Cl][Pd+]. The number of hydrogen-bond donors (Lipinski definition) is 0. The Morgan fingerprint density at radius 3 is 2.67 bits per heavy atom. The summed E-state index contributed by atoms with van der Waals surface area (Å²) in [6.07, 6.45) is 1.74. The van der Waals surface area contributed by atoms with Gasteiger partial charge in [0.2, 0.25) is 5.90 Å². The van der Waals surface area contributed by atoms with Crippen LogP contribution in [0.4, 0.5) is 0 Å². The molecule has 1 aromatic heterocycles. The molecule has 3 nitrogen and oxygen atoms in total. The molecule has 2 heterocycles. The summed E-state index contributed by atoms with van der Waals surface area (Å²) in [5, 5.41) is 0. The van der Waals surface area contributed by atoms with Crippen LogP contribution in [0.1, 0.15) is 12.6 Å². The molecule has 0 unspecified atom stereocenters. The van der Waals surface area contributed by atoms with E-state index in [0.29, 0.717) is 12.5 Å². The van der Waals surface area contributed by atoms with E-state index in [1.165, 1.54) is 0 Å². The molecule has 0 bridgehead atoms. The van der Waals surface area contributed by atoms with Gasteiger partial charge in [0.05, 0.1) is 6.04 Å². The van der Waals surface area contributed by atoms with Crippen molar-refractivity contribution >= 4 is 15.4 Å². The van der Waals surface area contributed by atoms with E-state index in [0.717, 1.165) is 5.69 Å². The Kier molecular flexibility index (Phi) is 7.59. The molecule has 0 saturated carbocycles. The Balaban J connectivity index is 0.000000617. The Labute approximate surface area is 105 Å². The fraction of sp³-hybridized carbons (Fsp3) is 0.300. The van der Waals surface area contributed by atoms with E-state index in [4.69, 9.17) is 4.74 Å². The van der Waals surface area contributed by atoms with Crippen molar-refractivity contribution in [3.05, 3.63) is 37.5 Å². The average Bonchev–Trinajstić information content (AvgIpc) is 2.69. The molecule has 86 valence electrons. The van der Waals surface area contributed by atoms with Gasteiger partial charge in [-0.25, -0.2) is 4.99 Å². The fourth-order valence-electron chi connectivity index (χ4n) is 1.10. The second-order valence-electron chi connectivity index (χ2n) is 2.81. The predicted octanol–water partition coefficient (Wildman–Crippen LogP) is 2.38.